The number of nitrogens with one attached hydrogen (secondary N) is 2. The quantitative estimate of drug-likeness (QED) is 0.817. The predicted molar refractivity (Wildman–Crippen MR) is 91.4 cm³/mol. The molecule has 0 aliphatic heterocycles. The summed E-state index contributed by atoms with van der Waals surface area (Å²) in [7, 11) is 0. The Hall–Kier alpha value is -2.76. The van der Waals surface area contributed by atoms with Crippen molar-refractivity contribution in [3.05, 3.63) is 59.7 Å². The van der Waals surface area contributed by atoms with Gasteiger partial charge in [0, 0.05) is 24.5 Å². The van der Waals surface area contributed by atoms with Gasteiger partial charge in [-0.05, 0) is 36.6 Å². The molecule has 0 spiro atoms. The van der Waals surface area contributed by atoms with Crippen molar-refractivity contribution in [3.63, 3.8) is 0 Å². The maximum Gasteiger partial charge on any atom is 0.270 e. The fourth-order valence-electron chi connectivity index (χ4n) is 2.04. The Morgan fingerprint density at radius 3 is 2.58 bits per heavy atom. The summed E-state index contributed by atoms with van der Waals surface area (Å²) in [6, 6.07) is 8.59. The van der Waals surface area contributed by atoms with Gasteiger partial charge in [-0.3, -0.25) is 19.6 Å². The molecule has 2 amide bonds. The Morgan fingerprint density at radius 2 is 1.88 bits per heavy atom. The number of hydrogen-bond acceptors (Lipinski definition) is 4. The summed E-state index contributed by atoms with van der Waals surface area (Å²) < 4.78 is 0. The van der Waals surface area contributed by atoms with Crippen molar-refractivity contribution < 1.29 is 9.59 Å². The van der Waals surface area contributed by atoms with Gasteiger partial charge in [0.05, 0.1) is 12.2 Å². The molecule has 0 unspecified atom stereocenters. The zero-order chi connectivity index (χ0) is 17.4. The van der Waals surface area contributed by atoms with Gasteiger partial charge in [-0.1, -0.05) is 19.9 Å². The van der Waals surface area contributed by atoms with Crippen LogP contribution in [0.5, 0.6) is 0 Å². The second kappa shape index (κ2) is 8.76. The predicted octanol–water partition coefficient (Wildman–Crippen LogP) is 2.18. The third-order valence-electron chi connectivity index (χ3n) is 3.42. The molecule has 2 aromatic rings. The molecule has 0 aliphatic rings. The van der Waals surface area contributed by atoms with Crippen molar-refractivity contribution >= 4 is 11.8 Å². The first-order valence-electron chi connectivity index (χ1n) is 7.98. The molecule has 2 heterocycles. The van der Waals surface area contributed by atoms with Crippen molar-refractivity contribution in [2.45, 2.75) is 26.8 Å². The van der Waals surface area contributed by atoms with Crippen LogP contribution in [-0.2, 0) is 6.54 Å². The van der Waals surface area contributed by atoms with Crippen molar-refractivity contribution in [3.8, 4) is 0 Å². The fourth-order valence-corrected chi connectivity index (χ4v) is 2.04. The number of aromatic nitrogens is 2. The van der Waals surface area contributed by atoms with Crippen LogP contribution in [-0.4, -0.2) is 28.3 Å². The summed E-state index contributed by atoms with van der Waals surface area (Å²) in [5.41, 5.74) is 1.40. The fraction of sp³-hybridized carbons (Fsp3) is 0.333. The molecule has 0 radical (unpaired) electrons. The molecule has 6 heteroatoms. The van der Waals surface area contributed by atoms with Gasteiger partial charge >= 0.3 is 0 Å². The normalized spacial score (nSPS) is 10.5. The summed E-state index contributed by atoms with van der Waals surface area (Å²) in [5, 5.41) is 5.59. The van der Waals surface area contributed by atoms with E-state index in [0.717, 1.165) is 12.1 Å². The van der Waals surface area contributed by atoms with E-state index in [4.69, 9.17) is 0 Å². The Bertz CT molecular complexity index is 686. The first-order valence-corrected chi connectivity index (χ1v) is 7.98. The van der Waals surface area contributed by atoms with Crippen molar-refractivity contribution in [1.29, 1.82) is 0 Å². The van der Waals surface area contributed by atoms with E-state index in [1.54, 1.807) is 12.3 Å². The number of nitrogens with zero attached hydrogens (tertiary/aromatic N) is 2. The second-order valence-electron chi connectivity index (χ2n) is 5.87. The molecule has 0 atom stereocenters. The number of pyridine rings is 2. The van der Waals surface area contributed by atoms with Crippen LogP contribution in [0.15, 0.2) is 42.7 Å². The smallest absolute Gasteiger partial charge is 0.270 e. The summed E-state index contributed by atoms with van der Waals surface area (Å²) in [5.74, 6) is -0.00927. The Kier molecular flexibility index (Phi) is 6.42. The van der Waals surface area contributed by atoms with Gasteiger partial charge in [0.15, 0.2) is 0 Å². The molecular weight excluding hydrogens is 304 g/mol. The minimum absolute atomic E-state index is 0.197. The van der Waals surface area contributed by atoms with Gasteiger partial charge in [-0.25, -0.2) is 0 Å². The van der Waals surface area contributed by atoms with Gasteiger partial charge in [-0.2, -0.15) is 0 Å². The molecule has 24 heavy (non-hydrogen) atoms. The zero-order valence-electron chi connectivity index (χ0n) is 14.0. The lowest BCUT2D eigenvalue weighted by Gasteiger charge is -2.08. The van der Waals surface area contributed by atoms with Gasteiger partial charge < -0.3 is 10.6 Å². The minimum Gasteiger partial charge on any atom is -0.352 e. The van der Waals surface area contributed by atoms with Crippen molar-refractivity contribution in [2.24, 2.45) is 5.92 Å². The molecule has 0 saturated heterocycles. The summed E-state index contributed by atoms with van der Waals surface area (Å²) >= 11 is 0. The van der Waals surface area contributed by atoms with Gasteiger partial charge in [-0.15, -0.1) is 0 Å². The van der Waals surface area contributed by atoms with Crippen LogP contribution < -0.4 is 10.6 Å². The lowest BCUT2D eigenvalue weighted by molar-refractivity contribution is 0.0945. The van der Waals surface area contributed by atoms with Crippen LogP contribution in [0.1, 0.15) is 46.8 Å². The molecule has 0 aromatic carbocycles. The number of hydrogen-bond donors (Lipinski definition) is 2. The van der Waals surface area contributed by atoms with E-state index in [1.165, 1.54) is 12.3 Å². The number of carbonyl (C=O) groups excluding carboxylic acids is 2. The topological polar surface area (TPSA) is 84.0 Å². The van der Waals surface area contributed by atoms with E-state index >= 15 is 0 Å². The molecule has 0 bridgehead atoms. The monoisotopic (exact) mass is 326 g/mol. The van der Waals surface area contributed by atoms with Gasteiger partial charge in [0.25, 0.3) is 11.8 Å². The van der Waals surface area contributed by atoms with E-state index in [0.29, 0.717) is 24.6 Å². The maximum atomic E-state index is 12.2. The maximum absolute atomic E-state index is 12.2. The first kappa shape index (κ1) is 17.6. The lowest BCUT2D eigenvalue weighted by Crippen LogP contribution is -2.27. The molecule has 6 nitrogen and oxygen atoms in total. The Morgan fingerprint density at radius 1 is 1.04 bits per heavy atom. The van der Waals surface area contributed by atoms with Crippen LogP contribution in [0, 0.1) is 5.92 Å². The molecule has 2 rings (SSSR count). The van der Waals surface area contributed by atoms with Crippen LogP contribution in [0.25, 0.3) is 0 Å². The van der Waals surface area contributed by atoms with Crippen LogP contribution in [0.3, 0.4) is 0 Å². The van der Waals surface area contributed by atoms with E-state index in [-0.39, 0.29) is 17.5 Å². The van der Waals surface area contributed by atoms with E-state index in [1.807, 2.05) is 18.2 Å². The van der Waals surface area contributed by atoms with Crippen LogP contribution in [0.4, 0.5) is 0 Å². The summed E-state index contributed by atoms with van der Waals surface area (Å²) in [6.07, 6.45) is 4.04. The average molecular weight is 326 g/mol. The molecular formula is C18H22N4O2. The lowest BCUT2D eigenvalue weighted by atomic mass is 10.1. The number of rotatable bonds is 7. The number of amides is 2. The number of carbonyl (C=O) groups is 2. The van der Waals surface area contributed by atoms with Crippen molar-refractivity contribution in [1.82, 2.24) is 20.6 Å². The largest absolute Gasteiger partial charge is 0.352 e. The van der Waals surface area contributed by atoms with E-state index in [9.17, 15) is 9.59 Å². The third-order valence-corrected chi connectivity index (χ3v) is 3.42. The average Bonchev–Trinajstić information content (AvgIpc) is 2.60. The highest BCUT2D eigenvalue weighted by Gasteiger charge is 2.11. The Labute approximate surface area is 141 Å². The molecule has 0 aliphatic carbocycles. The summed E-state index contributed by atoms with van der Waals surface area (Å²) in [4.78, 5) is 32.4. The first-order chi connectivity index (χ1) is 11.6. The SMILES string of the molecule is CC(C)CCNC(=O)c1ccnc(C(=O)NCc2ccccn2)c1. The minimum atomic E-state index is -0.336. The highest BCUT2D eigenvalue weighted by Crippen LogP contribution is 2.04. The molecule has 126 valence electrons. The van der Waals surface area contributed by atoms with Gasteiger partial charge in [0.1, 0.15) is 5.69 Å². The molecule has 2 aromatic heterocycles. The Balaban J connectivity index is 1.93. The van der Waals surface area contributed by atoms with E-state index in [2.05, 4.69) is 34.4 Å². The second-order valence-corrected chi connectivity index (χ2v) is 5.87. The van der Waals surface area contributed by atoms with Crippen LogP contribution in [0.2, 0.25) is 0 Å². The third kappa shape index (κ3) is 5.46. The molecule has 0 fully saturated rings. The molecule has 0 saturated carbocycles. The van der Waals surface area contributed by atoms with Crippen molar-refractivity contribution in [2.75, 3.05) is 6.54 Å². The summed E-state index contributed by atoms with van der Waals surface area (Å²) in [6.45, 7) is 5.12. The van der Waals surface area contributed by atoms with Gasteiger partial charge in [0.2, 0.25) is 0 Å². The van der Waals surface area contributed by atoms with Crippen LogP contribution >= 0.6 is 0 Å². The zero-order valence-corrected chi connectivity index (χ0v) is 14.0. The van der Waals surface area contributed by atoms with E-state index < -0.39 is 0 Å². The highest BCUT2D eigenvalue weighted by molar-refractivity contribution is 5.98. The standard InChI is InChI=1S/C18H22N4O2/c1-13(2)6-9-21-17(23)14-7-10-20-16(11-14)18(24)22-12-15-5-3-4-8-19-15/h3-5,7-8,10-11,13H,6,9,12H2,1-2H3,(H,21,23)(H,22,24). The molecule has 2 N–H and O–H groups in total. The highest BCUT2D eigenvalue weighted by atomic mass is 16.2.